The Labute approximate surface area is 186 Å². The van der Waals surface area contributed by atoms with Crippen LogP contribution in [0.15, 0.2) is 42.5 Å². The summed E-state index contributed by atoms with van der Waals surface area (Å²) in [6.45, 7) is 10.7. The fraction of sp³-hybridized carbons (Fsp3) is 0.480. The number of hydrogen-bond acceptors (Lipinski definition) is 3. The van der Waals surface area contributed by atoms with E-state index in [1.54, 1.807) is 12.0 Å². The fourth-order valence-corrected chi connectivity index (χ4v) is 4.18. The summed E-state index contributed by atoms with van der Waals surface area (Å²) in [5, 5.41) is 3.20. The van der Waals surface area contributed by atoms with Gasteiger partial charge in [-0.15, -0.1) is 0 Å². The number of methoxy groups -OCH3 is 1. The van der Waals surface area contributed by atoms with E-state index in [1.165, 1.54) is 16.0 Å². The minimum Gasteiger partial charge on any atom is -0.497 e. The van der Waals surface area contributed by atoms with Crippen molar-refractivity contribution in [2.75, 3.05) is 58.3 Å². The van der Waals surface area contributed by atoms with Crippen molar-refractivity contribution >= 4 is 11.6 Å². The third kappa shape index (κ3) is 6.71. The summed E-state index contributed by atoms with van der Waals surface area (Å²) in [5.74, 6) is 1.84. The van der Waals surface area contributed by atoms with Crippen molar-refractivity contribution in [2.45, 2.75) is 26.7 Å². The second kappa shape index (κ2) is 11.7. The first-order valence-corrected chi connectivity index (χ1v) is 11.5. The molecule has 0 bridgehead atoms. The van der Waals surface area contributed by atoms with Crippen molar-refractivity contribution in [1.82, 2.24) is 0 Å². The Hall–Kier alpha value is -2.57. The highest BCUT2D eigenvalue weighted by Crippen LogP contribution is 2.22. The normalized spacial score (nSPS) is 18.4. The number of piperazine rings is 1. The van der Waals surface area contributed by atoms with Crippen LogP contribution in [-0.4, -0.2) is 58.9 Å². The highest BCUT2D eigenvalue weighted by atomic mass is 16.5. The number of carbonyl (C=O) groups excluding carboxylic acids is 1. The second-order valence-electron chi connectivity index (χ2n) is 8.16. The fourth-order valence-electron chi connectivity index (χ4n) is 4.18. The molecular formula is C25H37N3O3+2. The Morgan fingerprint density at radius 1 is 0.903 bits per heavy atom. The van der Waals surface area contributed by atoms with Crippen molar-refractivity contribution in [2.24, 2.45) is 0 Å². The van der Waals surface area contributed by atoms with Gasteiger partial charge in [0, 0.05) is 5.69 Å². The van der Waals surface area contributed by atoms with Crippen LogP contribution in [0.3, 0.4) is 0 Å². The van der Waals surface area contributed by atoms with Crippen molar-refractivity contribution < 1.29 is 24.1 Å². The van der Waals surface area contributed by atoms with Crippen molar-refractivity contribution in [3.8, 4) is 11.5 Å². The molecule has 6 heteroatoms. The van der Waals surface area contributed by atoms with Gasteiger partial charge < -0.3 is 24.6 Å². The SMILES string of the molecule is CCc1cccc(CC)c1NC(=O)C[NH+]1CC[NH+](CCOc2ccc(OC)cc2)CC1. The number of para-hydroxylation sites is 1. The number of aryl methyl sites for hydroxylation is 2. The van der Waals surface area contributed by atoms with Crippen molar-refractivity contribution in [3.63, 3.8) is 0 Å². The topological polar surface area (TPSA) is 56.4 Å². The molecule has 6 nitrogen and oxygen atoms in total. The van der Waals surface area contributed by atoms with E-state index in [4.69, 9.17) is 9.47 Å². The van der Waals surface area contributed by atoms with Gasteiger partial charge in [-0.1, -0.05) is 32.0 Å². The summed E-state index contributed by atoms with van der Waals surface area (Å²) < 4.78 is 11.0. The van der Waals surface area contributed by atoms with E-state index in [0.717, 1.165) is 62.8 Å². The second-order valence-corrected chi connectivity index (χ2v) is 8.16. The first kappa shape index (κ1) is 23.1. The largest absolute Gasteiger partial charge is 0.497 e. The average Bonchev–Trinajstić information content (AvgIpc) is 2.80. The van der Waals surface area contributed by atoms with Crippen LogP contribution in [0, 0.1) is 0 Å². The Morgan fingerprint density at radius 2 is 1.48 bits per heavy atom. The lowest BCUT2D eigenvalue weighted by Gasteiger charge is -2.29. The summed E-state index contributed by atoms with van der Waals surface area (Å²) >= 11 is 0. The third-order valence-electron chi connectivity index (χ3n) is 6.12. The number of rotatable bonds is 10. The van der Waals surface area contributed by atoms with E-state index in [1.807, 2.05) is 24.3 Å². The van der Waals surface area contributed by atoms with E-state index in [2.05, 4.69) is 37.4 Å². The van der Waals surface area contributed by atoms with Crippen LogP contribution in [0.25, 0.3) is 0 Å². The number of anilines is 1. The number of ether oxygens (including phenoxy) is 2. The molecular weight excluding hydrogens is 390 g/mol. The third-order valence-corrected chi connectivity index (χ3v) is 6.12. The zero-order chi connectivity index (χ0) is 22.1. The Morgan fingerprint density at radius 3 is 2.06 bits per heavy atom. The molecule has 1 heterocycles. The lowest BCUT2D eigenvalue weighted by molar-refractivity contribution is -1.01. The van der Waals surface area contributed by atoms with Gasteiger partial charge in [0.1, 0.15) is 50.8 Å². The van der Waals surface area contributed by atoms with Gasteiger partial charge in [-0.25, -0.2) is 0 Å². The van der Waals surface area contributed by atoms with Crippen LogP contribution in [0.2, 0.25) is 0 Å². The zero-order valence-corrected chi connectivity index (χ0v) is 19.1. The van der Waals surface area contributed by atoms with Gasteiger partial charge in [-0.3, -0.25) is 4.79 Å². The van der Waals surface area contributed by atoms with Crippen LogP contribution < -0.4 is 24.6 Å². The molecule has 2 aromatic carbocycles. The predicted molar refractivity (Wildman–Crippen MR) is 123 cm³/mol. The van der Waals surface area contributed by atoms with E-state index >= 15 is 0 Å². The van der Waals surface area contributed by atoms with Gasteiger partial charge in [0.2, 0.25) is 0 Å². The molecule has 0 unspecified atom stereocenters. The molecule has 2 aromatic rings. The summed E-state index contributed by atoms with van der Waals surface area (Å²) in [6, 6.07) is 14.0. The predicted octanol–water partition coefficient (Wildman–Crippen LogP) is 0.621. The quantitative estimate of drug-likeness (QED) is 0.521. The number of carbonyl (C=O) groups is 1. The molecule has 3 N–H and O–H groups in total. The van der Waals surface area contributed by atoms with E-state index in [-0.39, 0.29) is 5.91 Å². The van der Waals surface area contributed by atoms with Crippen molar-refractivity contribution in [1.29, 1.82) is 0 Å². The summed E-state index contributed by atoms with van der Waals surface area (Å²) in [5.41, 5.74) is 3.46. The molecule has 0 saturated carbocycles. The molecule has 1 saturated heterocycles. The van der Waals surface area contributed by atoms with Gasteiger partial charge in [0.25, 0.3) is 5.91 Å². The van der Waals surface area contributed by atoms with Crippen LogP contribution in [0.5, 0.6) is 11.5 Å². The Kier molecular flexibility index (Phi) is 8.74. The van der Waals surface area contributed by atoms with E-state index in [9.17, 15) is 4.79 Å². The zero-order valence-electron chi connectivity index (χ0n) is 19.1. The van der Waals surface area contributed by atoms with Crippen molar-refractivity contribution in [3.05, 3.63) is 53.6 Å². The van der Waals surface area contributed by atoms with E-state index in [0.29, 0.717) is 13.2 Å². The number of quaternary nitrogens is 2. The minimum atomic E-state index is 0.122. The monoisotopic (exact) mass is 427 g/mol. The first-order valence-electron chi connectivity index (χ1n) is 11.5. The first-order chi connectivity index (χ1) is 15.1. The standard InChI is InChI=1S/C25H35N3O3/c1-4-20-7-6-8-21(5-2)25(20)26-24(29)19-28-15-13-27(14-16-28)17-18-31-23-11-9-22(30-3)10-12-23/h6-12H,4-5,13-19H2,1-3H3,(H,26,29)/p+2. The maximum atomic E-state index is 12.7. The summed E-state index contributed by atoms with van der Waals surface area (Å²) in [6.07, 6.45) is 1.86. The molecule has 1 aliphatic rings. The number of nitrogens with one attached hydrogen (secondary N) is 3. The Balaban J connectivity index is 1.39. The highest BCUT2D eigenvalue weighted by Gasteiger charge is 2.25. The van der Waals surface area contributed by atoms with Gasteiger partial charge in [-0.2, -0.15) is 0 Å². The molecule has 3 rings (SSSR count). The van der Waals surface area contributed by atoms with E-state index < -0.39 is 0 Å². The molecule has 168 valence electrons. The maximum absolute atomic E-state index is 12.7. The highest BCUT2D eigenvalue weighted by molar-refractivity contribution is 5.93. The lowest BCUT2D eigenvalue weighted by Crippen LogP contribution is -3.28. The molecule has 1 fully saturated rings. The van der Waals surface area contributed by atoms with Gasteiger partial charge >= 0.3 is 0 Å². The van der Waals surface area contributed by atoms with Crippen LogP contribution in [-0.2, 0) is 17.6 Å². The van der Waals surface area contributed by atoms with Gasteiger partial charge in [-0.05, 0) is 48.2 Å². The lowest BCUT2D eigenvalue weighted by atomic mass is 10.0. The molecule has 1 amide bonds. The minimum absolute atomic E-state index is 0.122. The van der Waals surface area contributed by atoms with Gasteiger partial charge in [0.05, 0.1) is 7.11 Å². The summed E-state index contributed by atoms with van der Waals surface area (Å²) in [7, 11) is 1.66. The average molecular weight is 428 g/mol. The maximum Gasteiger partial charge on any atom is 0.279 e. The molecule has 0 aliphatic carbocycles. The van der Waals surface area contributed by atoms with Crippen LogP contribution in [0.4, 0.5) is 5.69 Å². The smallest absolute Gasteiger partial charge is 0.279 e. The Bertz CT molecular complexity index is 808. The molecule has 0 aromatic heterocycles. The molecule has 0 atom stereocenters. The molecule has 31 heavy (non-hydrogen) atoms. The van der Waals surface area contributed by atoms with Gasteiger partial charge in [0.15, 0.2) is 6.54 Å². The van der Waals surface area contributed by atoms with Crippen LogP contribution in [0.1, 0.15) is 25.0 Å². The van der Waals surface area contributed by atoms with Crippen LogP contribution >= 0.6 is 0 Å². The summed E-state index contributed by atoms with van der Waals surface area (Å²) in [4.78, 5) is 15.6. The molecule has 0 spiro atoms. The molecule has 1 aliphatic heterocycles. The number of benzene rings is 2. The number of amides is 1. The number of hydrogen-bond donors (Lipinski definition) is 3. The molecule has 0 radical (unpaired) electrons.